The van der Waals surface area contributed by atoms with Gasteiger partial charge in [-0.05, 0) is 25.0 Å². The highest BCUT2D eigenvalue weighted by Gasteiger charge is 2.12. The molecule has 152 valence electrons. The average molecular weight is 498 g/mol. The molecule has 0 amide bonds. The highest BCUT2D eigenvalue weighted by atomic mass is 127. The maximum atomic E-state index is 11.1. The Labute approximate surface area is 182 Å². The van der Waals surface area contributed by atoms with E-state index in [-0.39, 0.29) is 34.6 Å². The van der Waals surface area contributed by atoms with Crippen LogP contribution in [0.4, 0.5) is 5.69 Å². The maximum Gasteiger partial charge on any atom is 0.274 e. The van der Waals surface area contributed by atoms with Gasteiger partial charge in [-0.1, -0.05) is 37.3 Å². The third kappa shape index (κ3) is 6.99. The van der Waals surface area contributed by atoms with Crippen LogP contribution in [-0.4, -0.2) is 24.5 Å². The van der Waals surface area contributed by atoms with Crippen molar-refractivity contribution in [3.8, 4) is 5.75 Å². The van der Waals surface area contributed by atoms with Crippen LogP contribution >= 0.6 is 24.0 Å². The van der Waals surface area contributed by atoms with Gasteiger partial charge < -0.3 is 15.4 Å². The second kappa shape index (κ2) is 12.2. The third-order valence-electron chi connectivity index (χ3n) is 3.99. The highest BCUT2D eigenvalue weighted by molar-refractivity contribution is 14.0. The quantitative estimate of drug-likeness (QED) is 0.188. The Bertz CT molecular complexity index is 812. The molecule has 2 aromatic rings. The predicted molar refractivity (Wildman–Crippen MR) is 123 cm³/mol. The molecular weight excluding hydrogens is 471 g/mol. The second-order valence-corrected chi connectivity index (χ2v) is 6.12. The van der Waals surface area contributed by atoms with Crippen molar-refractivity contribution in [2.24, 2.45) is 4.99 Å². The van der Waals surface area contributed by atoms with Crippen molar-refractivity contribution in [1.82, 2.24) is 10.6 Å². The molecule has 0 saturated heterocycles. The van der Waals surface area contributed by atoms with Crippen LogP contribution in [0.1, 0.15) is 30.0 Å². The molecule has 2 N–H and O–H groups in total. The number of halogens is 1. The molecule has 0 fully saturated rings. The van der Waals surface area contributed by atoms with Crippen molar-refractivity contribution < 1.29 is 9.66 Å². The van der Waals surface area contributed by atoms with E-state index >= 15 is 0 Å². The molecule has 2 aromatic carbocycles. The minimum atomic E-state index is -0.378. The first-order chi connectivity index (χ1) is 13.0. The van der Waals surface area contributed by atoms with Gasteiger partial charge >= 0.3 is 0 Å². The second-order valence-electron chi connectivity index (χ2n) is 6.12. The first-order valence-corrected chi connectivity index (χ1v) is 8.94. The number of aryl methyl sites for hydroxylation is 1. The van der Waals surface area contributed by atoms with E-state index in [1.165, 1.54) is 6.07 Å². The molecule has 0 aliphatic heterocycles. The Morgan fingerprint density at radius 2 is 1.82 bits per heavy atom. The summed E-state index contributed by atoms with van der Waals surface area (Å²) in [5.41, 5.74) is 2.87. The van der Waals surface area contributed by atoms with Crippen LogP contribution in [-0.2, 0) is 13.1 Å². The van der Waals surface area contributed by atoms with Crippen LogP contribution in [0.15, 0.2) is 47.5 Å². The molecule has 0 saturated carbocycles. The van der Waals surface area contributed by atoms with E-state index in [0.29, 0.717) is 31.2 Å². The lowest BCUT2D eigenvalue weighted by atomic mass is 10.1. The Morgan fingerprint density at radius 1 is 1.14 bits per heavy atom. The van der Waals surface area contributed by atoms with Gasteiger partial charge in [0.15, 0.2) is 5.96 Å². The number of nitrogens with zero attached hydrogens (tertiary/aromatic N) is 2. The number of nitro benzene ring substituents is 1. The fraction of sp³-hybridized carbons (Fsp3) is 0.350. The summed E-state index contributed by atoms with van der Waals surface area (Å²) in [7, 11) is 1.67. The Hall–Kier alpha value is -2.36. The molecule has 8 heteroatoms. The number of para-hydroxylation sites is 1. The smallest absolute Gasteiger partial charge is 0.274 e. The SMILES string of the molecule is CCCOc1cc(C)ccc1CNC(=NC)NCc1ccccc1[N+](=O)[O-].I. The molecule has 7 nitrogen and oxygen atoms in total. The summed E-state index contributed by atoms with van der Waals surface area (Å²) in [6, 6.07) is 12.8. The van der Waals surface area contributed by atoms with Crippen LogP contribution < -0.4 is 15.4 Å². The Kier molecular flexibility index (Phi) is 10.3. The van der Waals surface area contributed by atoms with Gasteiger partial charge in [-0.25, -0.2) is 0 Å². The Balaban J connectivity index is 0.00000392. The number of nitro groups is 1. The lowest BCUT2D eigenvalue weighted by molar-refractivity contribution is -0.385. The van der Waals surface area contributed by atoms with Crippen molar-refractivity contribution in [1.29, 1.82) is 0 Å². The first-order valence-electron chi connectivity index (χ1n) is 8.94. The summed E-state index contributed by atoms with van der Waals surface area (Å²) in [4.78, 5) is 14.9. The topological polar surface area (TPSA) is 88.8 Å². The average Bonchev–Trinajstić information content (AvgIpc) is 2.67. The molecule has 0 unspecified atom stereocenters. The molecule has 0 aliphatic carbocycles. The van der Waals surface area contributed by atoms with E-state index in [1.807, 2.05) is 25.1 Å². The van der Waals surface area contributed by atoms with Gasteiger partial charge in [0.1, 0.15) is 5.75 Å². The van der Waals surface area contributed by atoms with E-state index in [1.54, 1.807) is 25.2 Å². The van der Waals surface area contributed by atoms with E-state index in [2.05, 4.69) is 22.5 Å². The van der Waals surface area contributed by atoms with Crippen molar-refractivity contribution in [3.63, 3.8) is 0 Å². The zero-order valence-electron chi connectivity index (χ0n) is 16.4. The summed E-state index contributed by atoms with van der Waals surface area (Å²) in [5.74, 6) is 1.42. The predicted octanol–water partition coefficient (Wildman–Crippen LogP) is 4.18. The molecule has 0 aliphatic rings. The van der Waals surface area contributed by atoms with Gasteiger partial charge in [-0.2, -0.15) is 0 Å². The van der Waals surface area contributed by atoms with Crippen LogP contribution in [0, 0.1) is 17.0 Å². The zero-order valence-corrected chi connectivity index (χ0v) is 18.7. The molecule has 0 aromatic heterocycles. The number of aliphatic imine (C=N–C) groups is 1. The number of benzene rings is 2. The lowest BCUT2D eigenvalue weighted by Crippen LogP contribution is -2.36. The summed E-state index contributed by atoms with van der Waals surface area (Å²) in [6.45, 7) is 5.62. The van der Waals surface area contributed by atoms with Crippen molar-refractivity contribution in [2.45, 2.75) is 33.4 Å². The van der Waals surface area contributed by atoms with Crippen LogP contribution in [0.2, 0.25) is 0 Å². The molecule has 0 bridgehead atoms. The normalized spacial score (nSPS) is 10.8. The monoisotopic (exact) mass is 498 g/mol. The fourth-order valence-corrected chi connectivity index (χ4v) is 2.57. The first kappa shape index (κ1) is 23.7. The summed E-state index contributed by atoms with van der Waals surface area (Å²) >= 11 is 0. The van der Waals surface area contributed by atoms with Gasteiger partial charge in [0.2, 0.25) is 0 Å². The van der Waals surface area contributed by atoms with Crippen molar-refractivity contribution in [2.75, 3.05) is 13.7 Å². The summed E-state index contributed by atoms with van der Waals surface area (Å²) in [5, 5.41) is 17.5. The van der Waals surface area contributed by atoms with E-state index in [9.17, 15) is 10.1 Å². The van der Waals surface area contributed by atoms with Gasteiger partial charge in [-0.3, -0.25) is 15.1 Å². The number of hydrogen-bond acceptors (Lipinski definition) is 4. The van der Waals surface area contributed by atoms with Gasteiger partial charge in [0.05, 0.1) is 11.5 Å². The van der Waals surface area contributed by atoms with Crippen LogP contribution in [0.5, 0.6) is 5.75 Å². The molecule has 0 heterocycles. The zero-order chi connectivity index (χ0) is 19.6. The maximum absolute atomic E-state index is 11.1. The number of guanidine groups is 1. The third-order valence-corrected chi connectivity index (χ3v) is 3.99. The minimum absolute atomic E-state index is 0. The largest absolute Gasteiger partial charge is 0.493 e. The van der Waals surface area contributed by atoms with Crippen molar-refractivity contribution in [3.05, 3.63) is 69.3 Å². The van der Waals surface area contributed by atoms with Crippen LogP contribution in [0.3, 0.4) is 0 Å². The van der Waals surface area contributed by atoms with E-state index in [4.69, 9.17) is 4.74 Å². The molecular formula is C20H27IN4O3. The van der Waals surface area contributed by atoms with Crippen LogP contribution in [0.25, 0.3) is 0 Å². The molecule has 0 radical (unpaired) electrons. The Morgan fingerprint density at radius 3 is 2.46 bits per heavy atom. The van der Waals surface area contributed by atoms with Crippen molar-refractivity contribution >= 4 is 35.6 Å². The number of ether oxygens (including phenoxy) is 1. The van der Waals surface area contributed by atoms with Gasteiger partial charge in [0, 0.05) is 37.3 Å². The number of rotatable bonds is 8. The molecule has 2 rings (SSSR count). The fourth-order valence-electron chi connectivity index (χ4n) is 2.57. The summed E-state index contributed by atoms with van der Waals surface area (Å²) in [6.07, 6.45) is 0.944. The van der Waals surface area contributed by atoms with Gasteiger partial charge in [-0.15, -0.1) is 24.0 Å². The van der Waals surface area contributed by atoms with E-state index in [0.717, 1.165) is 23.3 Å². The number of hydrogen-bond donors (Lipinski definition) is 2. The minimum Gasteiger partial charge on any atom is -0.493 e. The van der Waals surface area contributed by atoms with Gasteiger partial charge in [0.25, 0.3) is 5.69 Å². The summed E-state index contributed by atoms with van der Waals surface area (Å²) < 4.78 is 5.83. The molecule has 0 spiro atoms. The highest BCUT2D eigenvalue weighted by Crippen LogP contribution is 2.21. The molecule has 28 heavy (non-hydrogen) atoms. The lowest BCUT2D eigenvalue weighted by Gasteiger charge is -2.15. The number of nitrogens with one attached hydrogen (secondary N) is 2. The standard InChI is InChI=1S/C20H26N4O3.HI/c1-4-11-27-19-12-15(2)9-10-17(19)14-23-20(21-3)22-13-16-7-5-6-8-18(16)24(25)26;/h5-10,12H,4,11,13-14H2,1-3H3,(H2,21,22,23);1H. The molecule has 0 atom stereocenters. The van der Waals surface area contributed by atoms with E-state index < -0.39 is 0 Å².